The lowest BCUT2D eigenvalue weighted by Gasteiger charge is -2.56. The zero-order valence-corrected chi connectivity index (χ0v) is 14.5. The second-order valence-electron chi connectivity index (χ2n) is 7.09. The van der Waals surface area contributed by atoms with Crippen LogP contribution in [-0.2, 0) is 4.74 Å². The van der Waals surface area contributed by atoms with E-state index in [0.29, 0.717) is 19.7 Å². The molecule has 1 saturated carbocycles. The van der Waals surface area contributed by atoms with Gasteiger partial charge in [-0.2, -0.15) is 0 Å². The summed E-state index contributed by atoms with van der Waals surface area (Å²) in [7, 11) is 0. The molecular formula is C19H25N3O3. The second kappa shape index (κ2) is 6.35. The highest BCUT2D eigenvalue weighted by atomic mass is 16.5. The molecule has 2 amide bonds. The van der Waals surface area contributed by atoms with Crippen molar-refractivity contribution in [2.24, 2.45) is 5.41 Å². The van der Waals surface area contributed by atoms with E-state index in [1.54, 1.807) is 0 Å². The zero-order chi connectivity index (χ0) is 17.4. The number of benzene rings is 1. The van der Waals surface area contributed by atoms with Gasteiger partial charge < -0.3 is 25.0 Å². The van der Waals surface area contributed by atoms with Gasteiger partial charge in [0.2, 0.25) is 0 Å². The van der Waals surface area contributed by atoms with Gasteiger partial charge in [0.1, 0.15) is 0 Å². The molecular weight excluding hydrogens is 318 g/mol. The first-order valence-corrected chi connectivity index (χ1v) is 9.06. The maximum absolute atomic E-state index is 12.7. The minimum Gasteiger partial charge on any atom is -0.392 e. The number of ether oxygens (including phenoxy) is 1. The molecule has 2 unspecified atom stereocenters. The van der Waals surface area contributed by atoms with Crippen LogP contribution in [0.2, 0.25) is 0 Å². The SMILES string of the molecule is CCOC1CC(O)C12CCN(C(=O)Nc1cccc3[nH]ccc13)CC2. The number of hydrogen-bond donors (Lipinski definition) is 3. The number of likely N-dealkylation sites (tertiary alicyclic amines) is 1. The third-order valence-corrected chi connectivity index (χ3v) is 5.93. The smallest absolute Gasteiger partial charge is 0.321 e. The van der Waals surface area contributed by atoms with Crippen LogP contribution in [0.1, 0.15) is 26.2 Å². The highest BCUT2D eigenvalue weighted by Crippen LogP contribution is 2.50. The van der Waals surface area contributed by atoms with Crippen molar-refractivity contribution in [1.29, 1.82) is 0 Å². The van der Waals surface area contributed by atoms with E-state index in [2.05, 4.69) is 10.3 Å². The average molecular weight is 343 g/mol. The van der Waals surface area contributed by atoms with Gasteiger partial charge >= 0.3 is 6.03 Å². The van der Waals surface area contributed by atoms with Crippen LogP contribution in [0.4, 0.5) is 10.5 Å². The molecule has 1 aromatic carbocycles. The number of nitrogens with one attached hydrogen (secondary N) is 2. The fraction of sp³-hybridized carbons (Fsp3) is 0.526. The minimum absolute atomic E-state index is 0.0784. The molecule has 4 rings (SSSR count). The van der Waals surface area contributed by atoms with Gasteiger partial charge in [0.05, 0.1) is 17.9 Å². The predicted molar refractivity (Wildman–Crippen MR) is 96.6 cm³/mol. The summed E-state index contributed by atoms with van der Waals surface area (Å²) < 4.78 is 5.79. The number of aromatic amines is 1. The number of aliphatic hydroxyl groups excluding tert-OH is 1. The van der Waals surface area contributed by atoms with Gasteiger partial charge in [0.15, 0.2) is 0 Å². The highest BCUT2D eigenvalue weighted by Gasteiger charge is 2.56. The summed E-state index contributed by atoms with van der Waals surface area (Å²) in [5.41, 5.74) is 1.67. The Hall–Kier alpha value is -2.05. The third-order valence-electron chi connectivity index (χ3n) is 5.93. The van der Waals surface area contributed by atoms with E-state index in [1.165, 1.54) is 0 Å². The van der Waals surface area contributed by atoms with E-state index in [4.69, 9.17) is 4.74 Å². The van der Waals surface area contributed by atoms with Gasteiger partial charge in [-0.25, -0.2) is 4.79 Å². The first-order chi connectivity index (χ1) is 12.1. The second-order valence-corrected chi connectivity index (χ2v) is 7.09. The number of anilines is 1. The number of carbonyl (C=O) groups excluding carboxylic acids is 1. The van der Waals surface area contributed by atoms with Crippen LogP contribution in [0.15, 0.2) is 30.5 Å². The first-order valence-electron chi connectivity index (χ1n) is 9.06. The summed E-state index contributed by atoms with van der Waals surface area (Å²) in [6, 6.07) is 7.72. The lowest BCUT2D eigenvalue weighted by Crippen LogP contribution is -2.63. The summed E-state index contributed by atoms with van der Waals surface area (Å²) in [4.78, 5) is 17.6. The van der Waals surface area contributed by atoms with Gasteiger partial charge in [-0.3, -0.25) is 0 Å². The molecule has 0 radical (unpaired) electrons. The molecule has 1 aromatic heterocycles. The Morgan fingerprint density at radius 2 is 2.20 bits per heavy atom. The number of hydrogen-bond acceptors (Lipinski definition) is 3. The summed E-state index contributed by atoms with van der Waals surface area (Å²) in [6.07, 6.45) is 4.00. The molecule has 134 valence electrons. The number of nitrogens with zero attached hydrogens (tertiary/aromatic N) is 1. The van der Waals surface area contributed by atoms with Crippen LogP contribution in [0.5, 0.6) is 0 Å². The van der Waals surface area contributed by atoms with Crippen molar-refractivity contribution in [2.75, 3.05) is 25.0 Å². The fourth-order valence-electron chi connectivity index (χ4n) is 4.33. The van der Waals surface area contributed by atoms with Crippen molar-refractivity contribution in [3.8, 4) is 0 Å². The van der Waals surface area contributed by atoms with E-state index in [-0.39, 0.29) is 23.7 Å². The molecule has 2 heterocycles. The van der Waals surface area contributed by atoms with Crippen molar-refractivity contribution < 1.29 is 14.6 Å². The lowest BCUT2D eigenvalue weighted by molar-refractivity contribution is -0.207. The summed E-state index contributed by atoms with van der Waals surface area (Å²) in [5.74, 6) is 0. The molecule has 2 atom stereocenters. The van der Waals surface area contributed by atoms with Gasteiger partial charge in [0, 0.05) is 48.6 Å². The largest absolute Gasteiger partial charge is 0.392 e. The Kier molecular flexibility index (Phi) is 4.17. The fourth-order valence-corrected chi connectivity index (χ4v) is 4.33. The zero-order valence-electron chi connectivity index (χ0n) is 14.5. The van der Waals surface area contributed by atoms with Gasteiger partial charge in [-0.15, -0.1) is 0 Å². The molecule has 3 N–H and O–H groups in total. The molecule has 0 bridgehead atoms. The molecule has 1 saturated heterocycles. The van der Waals surface area contributed by atoms with E-state index in [0.717, 1.165) is 35.9 Å². The standard InChI is InChI=1S/C19H25N3O3/c1-2-25-17-12-16(23)19(17)7-10-22(11-8-19)18(24)21-15-5-3-4-14-13(15)6-9-20-14/h3-6,9,16-17,20,23H,2,7-8,10-12H2,1H3,(H,21,24). The molecule has 1 spiro atoms. The number of carbonyl (C=O) groups is 1. The Labute approximate surface area is 147 Å². The third kappa shape index (κ3) is 2.69. The Bertz CT molecular complexity index is 762. The average Bonchev–Trinajstić information content (AvgIpc) is 3.11. The van der Waals surface area contributed by atoms with Gasteiger partial charge in [0.25, 0.3) is 0 Å². The molecule has 2 aromatic rings. The number of rotatable bonds is 3. The lowest BCUT2D eigenvalue weighted by atomic mass is 9.58. The summed E-state index contributed by atoms with van der Waals surface area (Å²) in [6.45, 7) is 3.96. The molecule has 2 fully saturated rings. The Morgan fingerprint density at radius 1 is 1.40 bits per heavy atom. The van der Waals surface area contributed by atoms with E-state index >= 15 is 0 Å². The predicted octanol–water partition coefficient (Wildman–Crippen LogP) is 2.95. The molecule has 25 heavy (non-hydrogen) atoms. The van der Waals surface area contributed by atoms with Crippen LogP contribution in [-0.4, -0.2) is 52.9 Å². The number of amides is 2. The molecule has 2 aliphatic rings. The number of piperidine rings is 1. The topological polar surface area (TPSA) is 77.6 Å². The van der Waals surface area contributed by atoms with Gasteiger partial charge in [-0.1, -0.05) is 6.07 Å². The molecule has 6 nitrogen and oxygen atoms in total. The molecule has 1 aliphatic heterocycles. The normalized spacial score (nSPS) is 25.1. The van der Waals surface area contributed by atoms with E-state index in [9.17, 15) is 9.90 Å². The van der Waals surface area contributed by atoms with E-state index < -0.39 is 0 Å². The highest BCUT2D eigenvalue weighted by molar-refractivity contribution is 6.00. The van der Waals surface area contributed by atoms with Crippen molar-refractivity contribution in [2.45, 2.75) is 38.4 Å². The molecule has 6 heteroatoms. The summed E-state index contributed by atoms with van der Waals surface area (Å²) >= 11 is 0. The maximum Gasteiger partial charge on any atom is 0.321 e. The Balaban J connectivity index is 1.41. The van der Waals surface area contributed by atoms with Crippen molar-refractivity contribution in [3.63, 3.8) is 0 Å². The number of aliphatic hydroxyl groups is 1. The van der Waals surface area contributed by atoms with Gasteiger partial charge in [-0.05, 0) is 38.0 Å². The molecule has 1 aliphatic carbocycles. The van der Waals surface area contributed by atoms with Crippen LogP contribution in [0.25, 0.3) is 10.9 Å². The quantitative estimate of drug-likeness (QED) is 0.802. The van der Waals surface area contributed by atoms with Crippen LogP contribution in [0, 0.1) is 5.41 Å². The minimum atomic E-state index is -0.303. The van der Waals surface area contributed by atoms with Crippen LogP contribution in [0.3, 0.4) is 0 Å². The number of urea groups is 1. The van der Waals surface area contributed by atoms with Crippen molar-refractivity contribution in [1.82, 2.24) is 9.88 Å². The number of aromatic nitrogens is 1. The maximum atomic E-state index is 12.7. The first kappa shape index (κ1) is 16.4. The summed E-state index contributed by atoms with van der Waals surface area (Å²) in [5, 5.41) is 14.3. The van der Waals surface area contributed by atoms with Crippen LogP contribution < -0.4 is 5.32 Å². The number of H-pyrrole nitrogens is 1. The van der Waals surface area contributed by atoms with Crippen molar-refractivity contribution in [3.05, 3.63) is 30.5 Å². The van der Waals surface area contributed by atoms with Crippen LogP contribution >= 0.6 is 0 Å². The monoisotopic (exact) mass is 343 g/mol. The van der Waals surface area contributed by atoms with Crippen molar-refractivity contribution >= 4 is 22.6 Å². The van der Waals surface area contributed by atoms with E-state index in [1.807, 2.05) is 42.3 Å². The Morgan fingerprint density at radius 3 is 2.92 bits per heavy atom. The number of fused-ring (bicyclic) bond motifs is 1.